The summed E-state index contributed by atoms with van der Waals surface area (Å²) in [6, 6.07) is 0. The van der Waals surface area contributed by atoms with Crippen molar-refractivity contribution in [2.24, 2.45) is 11.1 Å². The summed E-state index contributed by atoms with van der Waals surface area (Å²) in [7, 11) is 0. The average Bonchev–Trinajstić information content (AvgIpc) is 2.59. The maximum absolute atomic E-state index is 13.0. The molecule has 6 heteroatoms. The van der Waals surface area contributed by atoms with Crippen LogP contribution in [0.5, 0.6) is 0 Å². The average molecular weight is 316 g/mol. The molecular formula is C14H24N2O2S2. The number of thioether (sulfide) groups is 1. The first-order valence-electron chi connectivity index (χ1n) is 7.18. The van der Waals surface area contributed by atoms with Gasteiger partial charge in [0.15, 0.2) is 0 Å². The zero-order valence-electron chi connectivity index (χ0n) is 12.3. The predicted molar refractivity (Wildman–Crippen MR) is 87.0 cm³/mol. The van der Waals surface area contributed by atoms with Gasteiger partial charge in [-0.05, 0) is 19.3 Å². The molecule has 0 atom stereocenters. The van der Waals surface area contributed by atoms with Crippen molar-refractivity contribution in [3.63, 3.8) is 0 Å². The molecule has 0 saturated carbocycles. The Balaban J connectivity index is 2.13. The topological polar surface area (TPSA) is 55.6 Å². The van der Waals surface area contributed by atoms with Gasteiger partial charge < -0.3 is 15.4 Å². The van der Waals surface area contributed by atoms with Gasteiger partial charge in [-0.15, -0.1) is 0 Å². The molecule has 2 aliphatic rings. The number of hydrogen-bond acceptors (Lipinski definition) is 4. The van der Waals surface area contributed by atoms with E-state index in [2.05, 4.69) is 13.8 Å². The number of thiocarbonyl (C=S) groups is 1. The second kappa shape index (κ2) is 6.20. The van der Waals surface area contributed by atoms with Gasteiger partial charge in [-0.2, -0.15) is 11.8 Å². The molecular weight excluding hydrogens is 292 g/mol. The molecule has 2 heterocycles. The maximum atomic E-state index is 13.0. The lowest BCUT2D eigenvalue weighted by molar-refractivity contribution is -0.142. The van der Waals surface area contributed by atoms with E-state index in [0.29, 0.717) is 31.0 Å². The van der Waals surface area contributed by atoms with Crippen LogP contribution in [0.1, 0.15) is 33.1 Å². The minimum atomic E-state index is -0.674. The van der Waals surface area contributed by atoms with Crippen LogP contribution in [0.3, 0.4) is 0 Å². The van der Waals surface area contributed by atoms with Crippen LogP contribution in [0.15, 0.2) is 0 Å². The molecule has 0 aliphatic carbocycles. The minimum Gasteiger partial charge on any atom is -0.392 e. The molecule has 2 fully saturated rings. The van der Waals surface area contributed by atoms with Crippen molar-refractivity contribution in [3.05, 3.63) is 0 Å². The number of carbonyl (C=O) groups excluding carboxylic acids is 1. The fourth-order valence-corrected chi connectivity index (χ4v) is 4.20. The van der Waals surface area contributed by atoms with Gasteiger partial charge in [0.2, 0.25) is 5.91 Å². The molecule has 2 rings (SSSR count). The molecule has 2 aliphatic heterocycles. The van der Waals surface area contributed by atoms with E-state index < -0.39 is 5.41 Å². The fourth-order valence-electron chi connectivity index (χ4n) is 2.81. The number of ether oxygens (including phenoxy) is 1. The third kappa shape index (κ3) is 3.28. The molecule has 1 amide bonds. The molecule has 0 bridgehead atoms. The Morgan fingerprint density at radius 3 is 2.50 bits per heavy atom. The first-order valence-corrected chi connectivity index (χ1v) is 8.58. The fraction of sp³-hybridized carbons (Fsp3) is 0.857. The second-order valence-electron chi connectivity index (χ2n) is 6.21. The van der Waals surface area contributed by atoms with Gasteiger partial charge in [0, 0.05) is 36.8 Å². The van der Waals surface area contributed by atoms with E-state index in [9.17, 15) is 4.79 Å². The van der Waals surface area contributed by atoms with Crippen LogP contribution in [0.2, 0.25) is 0 Å². The molecule has 0 unspecified atom stereocenters. The summed E-state index contributed by atoms with van der Waals surface area (Å²) < 4.78 is 5.62. The summed E-state index contributed by atoms with van der Waals surface area (Å²) in [6.45, 7) is 7.20. The quantitative estimate of drug-likeness (QED) is 0.788. The Kier molecular flexibility index (Phi) is 4.97. The summed E-state index contributed by atoms with van der Waals surface area (Å²) in [5.41, 5.74) is 5.25. The normalized spacial score (nSPS) is 25.8. The van der Waals surface area contributed by atoms with Crippen molar-refractivity contribution in [2.45, 2.75) is 37.9 Å². The molecule has 0 aromatic heterocycles. The van der Waals surface area contributed by atoms with Crippen molar-refractivity contribution >= 4 is 34.9 Å². The van der Waals surface area contributed by atoms with Crippen LogP contribution in [-0.4, -0.2) is 52.6 Å². The van der Waals surface area contributed by atoms with Crippen molar-refractivity contribution in [1.82, 2.24) is 4.90 Å². The van der Waals surface area contributed by atoms with Crippen LogP contribution in [-0.2, 0) is 9.53 Å². The van der Waals surface area contributed by atoms with Gasteiger partial charge in [0.1, 0.15) is 5.41 Å². The summed E-state index contributed by atoms with van der Waals surface area (Å²) in [5, 5.41) is 0. The van der Waals surface area contributed by atoms with Gasteiger partial charge in [-0.1, -0.05) is 26.1 Å². The highest BCUT2D eigenvalue weighted by Crippen LogP contribution is 2.36. The van der Waals surface area contributed by atoms with Crippen LogP contribution in [0, 0.1) is 5.41 Å². The smallest absolute Gasteiger partial charge is 0.235 e. The van der Waals surface area contributed by atoms with E-state index in [0.717, 1.165) is 25.3 Å². The lowest BCUT2D eigenvalue weighted by Crippen LogP contribution is -2.53. The summed E-state index contributed by atoms with van der Waals surface area (Å²) in [5.74, 6) is 1.09. The Morgan fingerprint density at radius 2 is 1.90 bits per heavy atom. The van der Waals surface area contributed by atoms with E-state index in [-0.39, 0.29) is 10.7 Å². The van der Waals surface area contributed by atoms with Crippen molar-refractivity contribution in [3.8, 4) is 0 Å². The number of carbonyl (C=O) groups is 1. The zero-order valence-corrected chi connectivity index (χ0v) is 13.9. The van der Waals surface area contributed by atoms with Crippen molar-refractivity contribution in [2.75, 3.05) is 32.1 Å². The highest BCUT2D eigenvalue weighted by atomic mass is 32.2. The first-order chi connectivity index (χ1) is 9.37. The number of amides is 1. The third-order valence-corrected chi connectivity index (χ3v) is 6.12. The minimum absolute atomic E-state index is 0.117. The lowest BCUT2D eigenvalue weighted by atomic mass is 9.78. The summed E-state index contributed by atoms with van der Waals surface area (Å²) in [4.78, 5) is 15.3. The molecule has 0 radical (unpaired) electrons. The van der Waals surface area contributed by atoms with Gasteiger partial charge in [-0.3, -0.25) is 4.79 Å². The van der Waals surface area contributed by atoms with E-state index in [1.165, 1.54) is 0 Å². The van der Waals surface area contributed by atoms with Gasteiger partial charge in [0.05, 0.1) is 4.99 Å². The van der Waals surface area contributed by atoms with E-state index in [1.807, 2.05) is 16.7 Å². The molecule has 20 heavy (non-hydrogen) atoms. The monoisotopic (exact) mass is 316 g/mol. The second-order valence-corrected chi connectivity index (χ2v) is 8.45. The zero-order chi connectivity index (χ0) is 14.8. The highest BCUT2D eigenvalue weighted by Gasteiger charge is 2.45. The molecule has 4 nitrogen and oxygen atoms in total. The molecule has 114 valence electrons. The number of nitrogens with zero attached hydrogens (tertiary/aromatic N) is 1. The number of rotatable bonds is 2. The van der Waals surface area contributed by atoms with E-state index in [1.54, 1.807) is 0 Å². The van der Waals surface area contributed by atoms with Crippen LogP contribution < -0.4 is 5.73 Å². The Hall–Kier alpha value is -0.330. The maximum Gasteiger partial charge on any atom is 0.235 e. The third-order valence-electron chi connectivity index (χ3n) is 4.35. The molecule has 0 aromatic carbocycles. The van der Waals surface area contributed by atoms with Crippen LogP contribution in [0.25, 0.3) is 0 Å². The number of nitrogens with two attached hydrogens (primary N) is 1. The van der Waals surface area contributed by atoms with Crippen LogP contribution in [0.4, 0.5) is 0 Å². The van der Waals surface area contributed by atoms with Crippen molar-refractivity contribution < 1.29 is 9.53 Å². The highest BCUT2D eigenvalue weighted by molar-refractivity contribution is 8.00. The van der Waals surface area contributed by atoms with Gasteiger partial charge in [-0.25, -0.2) is 0 Å². The standard InChI is InChI=1S/C14H24N2O2S2/c1-13(2)3-6-16(7-10-20-13)12(17)14(11(15)19)4-8-18-9-5-14/h3-10H2,1-2H3,(H2,15,19). The molecule has 2 N–H and O–H groups in total. The lowest BCUT2D eigenvalue weighted by Gasteiger charge is -2.38. The summed E-state index contributed by atoms with van der Waals surface area (Å²) in [6.07, 6.45) is 2.25. The Labute approximate surface area is 130 Å². The van der Waals surface area contributed by atoms with Crippen LogP contribution >= 0.6 is 24.0 Å². The largest absolute Gasteiger partial charge is 0.392 e. The SMILES string of the molecule is CC1(C)CCN(C(=O)C2(C(N)=S)CCOCC2)CCS1. The Bertz CT molecular complexity index is 393. The number of hydrogen-bond donors (Lipinski definition) is 1. The molecule has 0 spiro atoms. The van der Waals surface area contributed by atoms with E-state index >= 15 is 0 Å². The first kappa shape index (κ1) is 16.0. The van der Waals surface area contributed by atoms with Gasteiger partial charge >= 0.3 is 0 Å². The molecule has 0 aromatic rings. The predicted octanol–water partition coefficient (Wildman–Crippen LogP) is 1.81. The molecule has 2 saturated heterocycles. The Morgan fingerprint density at radius 1 is 1.25 bits per heavy atom. The van der Waals surface area contributed by atoms with Crippen molar-refractivity contribution in [1.29, 1.82) is 0 Å². The van der Waals surface area contributed by atoms with E-state index in [4.69, 9.17) is 22.7 Å². The summed E-state index contributed by atoms with van der Waals surface area (Å²) >= 11 is 7.16. The van der Waals surface area contributed by atoms with Gasteiger partial charge in [0.25, 0.3) is 0 Å².